The normalized spacial score (nSPS) is 10.0. The van der Waals surface area contributed by atoms with Gasteiger partial charge in [0.15, 0.2) is 0 Å². The topological polar surface area (TPSA) is 52.6 Å². The zero-order valence-electron chi connectivity index (χ0n) is 11.2. The van der Waals surface area contributed by atoms with Crippen LogP contribution < -0.4 is 0 Å². The van der Waals surface area contributed by atoms with Gasteiger partial charge < -0.3 is 9.47 Å². The molecule has 0 atom stereocenters. The van der Waals surface area contributed by atoms with Gasteiger partial charge in [-0.2, -0.15) is 0 Å². The van der Waals surface area contributed by atoms with Crippen molar-refractivity contribution in [2.24, 2.45) is 0 Å². The van der Waals surface area contributed by atoms with Gasteiger partial charge in [0.2, 0.25) is 0 Å². The van der Waals surface area contributed by atoms with E-state index in [1.165, 1.54) is 14.2 Å². The van der Waals surface area contributed by atoms with E-state index in [1.807, 2.05) is 19.9 Å². The van der Waals surface area contributed by atoms with E-state index in [2.05, 4.69) is 0 Å². The lowest BCUT2D eigenvalue weighted by Crippen LogP contribution is -2.15. The molecule has 0 heterocycles. The van der Waals surface area contributed by atoms with Crippen molar-refractivity contribution in [3.05, 3.63) is 34.4 Å². The minimum Gasteiger partial charge on any atom is -0.465 e. The summed E-state index contributed by atoms with van der Waals surface area (Å²) in [7, 11) is 2.60. The molecule has 98 valence electrons. The van der Waals surface area contributed by atoms with Crippen LogP contribution in [0, 0.1) is 0 Å². The molecule has 4 nitrogen and oxygen atoms in total. The molecular weight excluding hydrogens is 232 g/mol. The molecule has 0 aliphatic heterocycles. The summed E-state index contributed by atoms with van der Waals surface area (Å²) in [5, 5.41) is 0. The number of hydrogen-bond acceptors (Lipinski definition) is 4. The number of carbonyl (C=O) groups is 2. The van der Waals surface area contributed by atoms with Crippen LogP contribution in [-0.2, 0) is 22.3 Å². The number of carbonyl (C=O) groups excluding carboxylic acids is 2. The second-order valence-corrected chi connectivity index (χ2v) is 3.87. The molecule has 0 aromatic heterocycles. The molecule has 18 heavy (non-hydrogen) atoms. The van der Waals surface area contributed by atoms with E-state index in [9.17, 15) is 9.59 Å². The fourth-order valence-electron chi connectivity index (χ4n) is 1.87. The third-order valence-electron chi connectivity index (χ3n) is 2.86. The van der Waals surface area contributed by atoms with Crippen molar-refractivity contribution in [3.63, 3.8) is 0 Å². The van der Waals surface area contributed by atoms with Crippen molar-refractivity contribution < 1.29 is 19.1 Å². The summed E-state index contributed by atoms with van der Waals surface area (Å²) in [4.78, 5) is 23.6. The third-order valence-corrected chi connectivity index (χ3v) is 2.86. The van der Waals surface area contributed by atoms with E-state index in [0.717, 1.165) is 17.5 Å². The van der Waals surface area contributed by atoms with E-state index in [-0.39, 0.29) is 5.56 Å². The summed E-state index contributed by atoms with van der Waals surface area (Å²) in [6, 6.07) is 3.62. The fourth-order valence-corrected chi connectivity index (χ4v) is 1.87. The van der Waals surface area contributed by atoms with Gasteiger partial charge in [-0.1, -0.05) is 19.9 Å². The first-order valence-corrected chi connectivity index (χ1v) is 5.91. The maximum absolute atomic E-state index is 11.8. The average Bonchev–Trinajstić information content (AvgIpc) is 2.43. The van der Waals surface area contributed by atoms with E-state index in [1.54, 1.807) is 6.07 Å². The van der Waals surface area contributed by atoms with Gasteiger partial charge in [-0.25, -0.2) is 9.59 Å². The number of benzene rings is 1. The highest BCUT2D eigenvalue weighted by molar-refractivity contribution is 6.04. The smallest absolute Gasteiger partial charge is 0.339 e. The van der Waals surface area contributed by atoms with Crippen LogP contribution in [0.2, 0.25) is 0 Å². The first kappa shape index (κ1) is 14.2. The molecule has 0 amide bonds. The number of ether oxygens (including phenoxy) is 2. The van der Waals surface area contributed by atoms with Crippen LogP contribution in [0.25, 0.3) is 0 Å². The molecule has 0 saturated carbocycles. The molecule has 0 fully saturated rings. The maximum atomic E-state index is 11.8. The van der Waals surface area contributed by atoms with Gasteiger partial charge in [-0.05, 0) is 30.0 Å². The molecular formula is C14H18O4. The number of aryl methyl sites for hydroxylation is 2. The molecule has 4 heteroatoms. The summed E-state index contributed by atoms with van der Waals surface area (Å²) >= 11 is 0. The van der Waals surface area contributed by atoms with Crippen molar-refractivity contribution in [2.45, 2.75) is 26.7 Å². The Balaban J connectivity index is 3.51. The quantitative estimate of drug-likeness (QED) is 0.770. The molecule has 1 aromatic carbocycles. The van der Waals surface area contributed by atoms with Gasteiger partial charge in [0, 0.05) is 0 Å². The van der Waals surface area contributed by atoms with Gasteiger partial charge in [0.05, 0.1) is 25.3 Å². The lowest BCUT2D eigenvalue weighted by Gasteiger charge is -2.13. The van der Waals surface area contributed by atoms with Crippen molar-refractivity contribution in [3.8, 4) is 0 Å². The van der Waals surface area contributed by atoms with E-state index < -0.39 is 11.9 Å². The maximum Gasteiger partial charge on any atom is 0.339 e. The highest BCUT2D eigenvalue weighted by atomic mass is 16.5. The number of hydrogen-bond donors (Lipinski definition) is 0. The van der Waals surface area contributed by atoms with E-state index >= 15 is 0 Å². The van der Waals surface area contributed by atoms with Crippen molar-refractivity contribution in [1.29, 1.82) is 0 Å². The first-order chi connectivity index (χ1) is 8.58. The first-order valence-electron chi connectivity index (χ1n) is 5.91. The van der Waals surface area contributed by atoms with Crippen LogP contribution in [0.4, 0.5) is 0 Å². The van der Waals surface area contributed by atoms with Gasteiger partial charge in [0.1, 0.15) is 0 Å². The highest BCUT2D eigenvalue weighted by Gasteiger charge is 2.22. The summed E-state index contributed by atoms with van der Waals surface area (Å²) in [5.74, 6) is -1.02. The Bertz CT molecular complexity index is 463. The van der Waals surface area contributed by atoms with Crippen LogP contribution >= 0.6 is 0 Å². The predicted octanol–water partition coefficient (Wildman–Crippen LogP) is 2.38. The van der Waals surface area contributed by atoms with Crippen LogP contribution in [0.15, 0.2) is 12.1 Å². The number of rotatable bonds is 4. The number of methoxy groups -OCH3 is 2. The Labute approximate surface area is 107 Å². The second-order valence-electron chi connectivity index (χ2n) is 3.87. The largest absolute Gasteiger partial charge is 0.465 e. The zero-order chi connectivity index (χ0) is 13.7. The summed E-state index contributed by atoms with van der Waals surface area (Å²) < 4.78 is 9.46. The summed E-state index contributed by atoms with van der Waals surface area (Å²) in [5.41, 5.74) is 2.39. The van der Waals surface area contributed by atoms with Crippen LogP contribution in [0.1, 0.15) is 45.7 Å². The lowest BCUT2D eigenvalue weighted by molar-refractivity contribution is 0.0554. The zero-order valence-corrected chi connectivity index (χ0v) is 11.2. The molecule has 0 bridgehead atoms. The van der Waals surface area contributed by atoms with Gasteiger partial charge in [0.25, 0.3) is 0 Å². The van der Waals surface area contributed by atoms with Gasteiger partial charge in [-0.15, -0.1) is 0 Å². The minimum atomic E-state index is -0.514. The fraction of sp³-hybridized carbons (Fsp3) is 0.429. The Hall–Kier alpha value is -1.84. The predicted molar refractivity (Wildman–Crippen MR) is 67.9 cm³/mol. The minimum absolute atomic E-state index is 0.278. The molecule has 0 spiro atoms. The van der Waals surface area contributed by atoms with Crippen molar-refractivity contribution >= 4 is 11.9 Å². The molecule has 0 N–H and O–H groups in total. The highest BCUT2D eigenvalue weighted by Crippen LogP contribution is 2.21. The van der Waals surface area contributed by atoms with Crippen molar-refractivity contribution in [2.75, 3.05) is 14.2 Å². The van der Waals surface area contributed by atoms with Gasteiger partial charge in [-0.3, -0.25) is 0 Å². The van der Waals surface area contributed by atoms with Gasteiger partial charge >= 0.3 is 11.9 Å². The second kappa shape index (κ2) is 6.19. The molecule has 0 radical (unpaired) electrons. The Kier molecular flexibility index (Phi) is 4.89. The standard InChI is InChI=1S/C14H18O4/c1-5-9-7-10(6-2)12(14(16)18-4)11(8-9)13(15)17-3/h7-8H,5-6H2,1-4H3. The lowest BCUT2D eigenvalue weighted by atomic mass is 9.95. The number of esters is 2. The van der Waals surface area contributed by atoms with E-state index in [0.29, 0.717) is 12.0 Å². The summed E-state index contributed by atoms with van der Waals surface area (Å²) in [6.07, 6.45) is 1.45. The Morgan fingerprint density at radius 3 is 2.06 bits per heavy atom. The van der Waals surface area contributed by atoms with Crippen LogP contribution in [0.3, 0.4) is 0 Å². The third kappa shape index (κ3) is 2.70. The van der Waals surface area contributed by atoms with Crippen LogP contribution in [-0.4, -0.2) is 26.2 Å². The molecule has 0 unspecified atom stereocenters. The summed E-state index contributed by atoms with van der Waals surface area (Å²) in [6.45, 7) is 3.93. The molecule has 0 aliphatic carbocycles. The van der Waals surface area contributed by atoms with Crippen LogP contribution in [0.5, 0.6) is 0 Å². The molecule has 0 saturated heterocycles. The SMILES string of the molecule is CCc1cc(CC)c(C(=O)OC)c(C(=O)OC)c1. The average molecular weight is 250 g/mol. The molecule has 1 rings (SSSR count). The van der Waals surface area contributed by atoms with Crippen molar-refractivity contribution in [1.82, 2.24) is 0 Å². The molecule has 1 aromatic rings. The van der Waals surface area contributed by atoms with E-state index in [4.69, 9.17) is 9.47 Å². The Morgan fingerprint density at radius 2 is 1.61 bits per heavy atom. The Morgan fingerprint density at radius 1 is 1.00 bits per heavy atom. The monoisotopic (exact) mass is 250 g/mol. The molecule has 0 aliphatic rings.